The van der Waals surface area contributed by atoms with Gasteiger partial charge in [-0.1, -0.05) is 12.8 Å². The van der Waals surface area contributed by atoms with Crippen LogP contribution in [0.25, 0.3) is 0 Å². The Kier molecular flexibility index (Phi) is 5.57. The van der Waals surface area contributed by atoms with Gasteiger partial charge in [0.2, 0.25) is 0 Å². The summed E-state index contributed by atoms with van der Waals surface area (Å²) in [5, 5.41) is 0. The van der Waals surface area contributed by atoms with Crippen LogP contribution < -0.4 is 5.73 Å². The minimum Gasteiger partial charge on any atom is -0.330 e. The summed E-state index contributed by atoms with van der Waals surface area (Å²) in [4.78, 5) is 0. The Balaban J connectivity index is 0.000001000. The molecule has 2 N–H and O–H groups in total. The highest BCUT2D eigenvalue weighted by molar-refractivity contribution is 7.98. The standard InChI is InChI=1S/C8H17NS.ClH/c1-10-7-8(6-9)4-2-3-5-8;/h2-7,9H2,1H3;1H. The second kappa shape index (κ2) is 5.28. The van der Waals surface area contributed by atoms with Crippen LogP contribution in [0.4, 0.5) is 0 Å². The number of rotatable bonds is 3. The van der Waals surface area contributed by atoms with E-state index in [0.717, 1.165) is 6.54 Å². The topological polar surface area (TPSA) is 26.0 Å². The summed E-state index contributed by atoms with van der Waals surface area (Å²) in [6.45, 7) is 0.897. The number of thioether (sulfide) groups is 1. The number of hydrogen-bond donors (Lipinski definition) is 1. The zero-order chi connectivity index (χ0) is 7.45. The van der Waals surface area contributed by atoms with Crippen LogP contribution in [-0.2, 0) is 0 Å². The molecule has 1 rings (SSSR count). The van der Waals surface area contributed by atoms with E-state index in [9.17, 15) is 0 Å². The molecule has 0 radical (unpaired) electrons. The fraction of sp³-hybridized carbons (Fsp3) is 1.00. The third kappa shape index (κ3) is 2.85. The van der Waals surface area contributed by atoms with Gasteiger partial charge in [-0.05, 0) is 36.8 Å². The normalized spacial score (nSPS) is 21.3. The Hall–Kier alpha value is 0.600. The van der Waals surface area contributed by atoms with E-state index < -0.39 is 0 Å². The molecule has 1 nitrogen and oxygen atoms in total. The smallest absolute Gasteiger partial charge is 0.000151 e. The number of halogens is 1. The first-order chi connectivity index (χ1) is 4.83. The molecule has 0 aliphatic heterocycles. The van der Waals surface area contributed by atoms with Crippen molar-refractivity contribution in [1.82, 2.24) is 0 Å². The van der Waals surface area contributed by atoms with Crippen molar-refractivity contribution in [2.45, 2.75) is 25.7 Å². The maximum Gasteiger partial charge on any atom is -0.000151 e. The highest BCUT2D eigenvalue weighted by atomic mass is 35.5. The fourth-order valence-electron chi connectivity index (χ4n) is 1.84. The lowest BCUT2D eigenvalue weighted by atomic mass is 9.89. The van der Waals surface area contributed by atoms with Crippen molar-refractivity contribution >= 4 is 24.2 Å². The van der Waals surface area contributed by atoms with E-state index in [4.69, 9.17) is 5.73 Å². The molecule has 0 spiro atoms. The lowest BCUT2D eigenvalue weighted by Gasteiger charge is -2.25. The molecule has 0 bridgehead atoms. The second-order valence-corrected chi connectivity index (χ2v) is 4.21. The summed E-state index contributed by atoms with van der Waals surface area (Å²) < 4.78 is 0. The molecule has 0 saturated heterocycles. The molecule has 1 saturated carbocycles. The molecule has 68 valence electrons. The summed E-state index contributed by atoms with van der Waals surface area (Å²) in [5.41, 5.74) is 6.27. The third-order valence-corrected chi connectivity index (χ3v) is 3.45. The van der Waals surface area contributed by atoms with Crippen molar-refractivity contribution in [2.75, 3.05) is 18.6 Å². The molecule has 0 unspecified atom stereocenters. The zero-order valence-electron chi connectivity index (χ0n) is 7.14. The fourth-order valence-corrected chi connectivity index (χ4v) is 2.86. The van der Waals surface area contributed by atoms with E-state index in [1.807, 2.05) is 11.8 Å². The van der Waals surface area contributed by atoms with Crippen LogP contribution in [0.3, 0.4) is 0 Å². The van der Waals surface area contributed by atoms with E-state index in [1.165, 1.54) is 31.4 Å². The van der Waals surface area contributed by atoms with Gasteiger partial charge < -0.3 is 5.73 Å². The van der Waals surface area contributed by atoms with Gasteiger partial charge >= 0.3 is 0 Å². The molecule has 0 heterocycles. The summed E-state index contributed by atoms with van der Waals surface area (Å²) in [6.07, 6.45) is 7.71. The lowest BCUT2D eigenvalue weighted by molar-refractivity contribution is 0.360. The maximum absolute atomic E-state index is 5.74. The average Bonchev–Trinajstić information content (AvgIpc) is 2.39. The van der Waals surface area contributed by atoms with Gasteiger partial charge in [-0.15, -0.1) is 12.4 Å². The van der Waals surface area contributed by atoms with Crippen LogP contribution >= 0.6 is 24.2 Å². The molecule has 11 heavy (non-hydrogen) atoms. The first kappa shape index (κ1) is 11.6. The number of nitrogens with two attached hydrogens (primary N) is 1. The largest absolute Gasteiger partial charge is 0.330 e. The van der Waals surface area contributed by atoms with E-state index in [1.54, 1.807) is 0 Å². The molecule has 0 aromatic carbocycles. The van der Waals surface area contributed by atoms with Crippen LogP contribution in [0.2, 0.25) is 0 Å². The van der Waals surface area contributed by atoms with Crippen molar-refractivity contribution in [3.63, 3.8) is 0 Å². The molecule has 1 aliphatic carbocycles. The van der Waals surface area contributed by atoms with Crippen LogP contribution in [0.15, 0.2) is 0 Å². The second-order valence-electron chi connectivity index (χ2n) is 3.34. The molecule has 1 aliphatic rings. The van der Waals surface area contributed by atoms with E-state index >= 15 is 0 Å². The molecule has 0 aromatic rings. The van der Waals surface area contributed by atoms with Crippen molar-refractivity contribution in [3.8, 4) is 0 Å². The van der Waals surface area contributed by atoms with Gasteiger partial charge in [0.15, 0.2) is 0 Å². The predicted octanol–water partition coefficient (Wildman–Crippen LogP) is 2.29. The molecule has 0 amide bonds. The molecule has 0 aromatic heterocycles. The quantitative estimate of drug-likeness (QED) is 0.748. The monoisotopic (exact) mass is 195 g/mol. The minimum atomic E-state index is 0. The Morgan fingerprint density at radius 1 is 1.36 bits per heavy atom. The highest BCUT2D eigenvalue weighted by Gasteiger charge is 2.31. The average molecular weight is 196 g/mol. The summed E-state index contributed by atoms with van der Waals surface area (Å²) in [7, 11) is 0. The molecule has 0 atom stereocenters. The van der Waals surface area contributed by atoms with Gasteiger partial charge in [-0.2, -0.15) is 11.8 Å². The van der Waals surface area contributed by atoms with Gasteiger partial charge in [0, 0.05) is 0 Å². The highest BCUT2D eigenvalue weighted by Crippen LogP contribution is 2.39. The summed E-state index contributed by atoms with van der Waals surface area (Å²) >= 11 is 1.94. The van der Waals surface area contributed by atoms with Gasteiger partial charge in [0.1, 0.15) is 0 Å². The Morgan fingerprint density at radius 3 is 2.27 bits per heavy atom. The van der Waals surface area contributed by atoms with Crippen molar-refractivity contribution in [1.29, 1.82) is 0 Å². The van der Waals surface area contributed by atoms with E-state index in [2.05, 4.69) is 6.26 Å². The van der Waals surface area contributed by atoms with E-state index in [-0.39, 0.29) is 12.4 Å². The van der Waals surface area contributed by atoms with Crippen molar-refractivity contribution in [3.05, 3.63) is 0 Å². The minimum absolute atomic E-state index is 0. The molecular formula is C8H18ClNS. The number of hydrogen-bond acceptors (Lipinski definition) is 2. The van der Waals surface area contributed by atoms with Crippen LogP contribution in [0.5, 0.6) is 0 Å². The Morgan fingerprint density at radius 2 is 1.91 bits per heavy atom. The van der Waals surface area contributed by atoms with Crippen molar-refractivity contribution in [2.24, 2.45) is 11.1 Å². The van der Waals surface area contributed by atoms with Crippen LogP contribution in [0, 0.1) is 5.41 Å². The zero-order valence-corrected chi connectivity index (χ0v) is 8.77. The SMILES string of the molecule is CSCC1(CN)CCCC1.Cl. The molecule has 1 fully saturated rings. The molecular weight excluding hydrogens is 178 g/mol. The lowest BCUT2D eigenvalue weighted by Crippen LogP contribution is -2.29. The Bertz CT molecular complexity index is 102. The van der Waals surface area contributed by atoms with Gasteiger partial charge in [-0.3, -0.25) is 0 Å². The van der Waals surface area contributed by atoms with Gasteiger partial charge in [0.25, 0.3) is 0 Å². The van der Waals surface area contributed by atoms with E-state index in [0.29, 0.717) is 5.41 Å². The summed E-state index contributed by atoms with van der Waals surface area (Å²) in [6, 6.07) is 0. The van der Waals surface area contributed by atoms with Gasteiger partial charge in [-0.25, -0.2) is 0 Å². The predicted molar refractivity (Wildman–Crippen MR) is 55.6 cm³/mol. The maximum atomic E-state index is 5.74. The van der Waals surface area contributed by atoms with Crippen LogP contribution in [-0.4, -0.2) is 18.6 Å². The first-order valence-electron chi connectivity index (χ1n) is 4.02. The van der Waals surface area contributed by atoms with Crippen LogP contribution in [0.1, 0.15) is 25.7 Å². The van der Waals surface area contributed by atoms with Crippen molar-refractivity contribution < 1.29 is 0 Å². The first-order valence-corrected chi connectivity index (χ1v) is 5.41. The summed E-state index contributed by atoms with van der Waals surface area (Å²) in [5.74, 6) is 1.27. The third-order valence-electron chi connectivity index (χ3n) is 2.55. The van der Waals surface area contributed by atoms with Gasteiger partial charge in [0.05, 0.1) is 0 Å². The molecule has 3 heteroatoms. The Labute approximate surface area is 79.9 Å².